The number of rotatable bonds is 6. The Labute approximate surface area is 85.4 Å². The smallest absolute Gasteiger partial charge is 0.147 e. The molecule has 84 valence electrons. The van der Waals surface area contributed by atoms with Crippen molar-refractivity contribution in [3.63, 3.8) is 0 Å². The van der Waals surface area contributed by atoms with Crippen LogP contribution in [0.4, 0.5) is 0 Å². The summed E-state index contributed by atoms with van der Waals surface area (Å²) in [5.74, 6) is 0.439. The van der Waals surface area contributed by atoms with Crippen molar-refractivity contribution >= 4 is 9.84 Å². The highest BCUT2D eigenvalue weighted by Crippen LogP contribution is 2.41. The van der Waals surface area contributed by atoms with Gasteiger partial charge in [0.15, 0.2) is 0 Å². The Morgan fingerprint density at radius 1 is 1.50 bits per heavy atom. The van der Waals surface area contributed by atoms with Gasteiger partial charge in [0.1, 0.15) is 9.84 Å². The van der Waals surface area contributed by atoms with E-state index in [9.17, 15) is 13.5 Å². The van der Waals surface area contributed by atoms with Gasteiger partial charge in [0.25, 0.3) is 0 Å². The molecule has 3 N–H and O–H groups in total. The zero-order valence-corrected chi connectivity index (χ0v) is 9.39. The van der Waals surface area contributed by atoms with Gasteiger partial charge in [-0.1, -0.05) is 0 Å². The van der Waals surface area contributed by atoms with Gasteiger partial charge in [0, 0.05) is 18.6 Å². The number of nitrogens with two attached hydrogens (primary N) is 1. The fourth-order valence-electron chi connectivity index (χ4n) is 1.73. The predicted octanol–water partition coefficient (Wildman–Crippen LogP) is -0.0890. The van der Waals surface area contributed by atoms with Crippen LogP contribution in [0.25, 0.3) is 0 Å². The van der Waals surface area contributed by atoms with Crippen LogP contribution in [0.5, 0.6) is 0 Å². The minimum atomic E-state index is -2.91. The van der Waals surface area contributed by atoms with Crippen molar-refractivity contribution in [1.29, 1.82) is 0 Å². The third-order valence-electron chi connectivity index (χ3n) is 2.82. The molecule has 1 unspecified atom stereocenters. The summed E-state index contributed by atoms with van der Waals surface area (Å²) in [6.07, 6.45) is 4.26. The van der Waals surface area contributed by atoms with E-state index in [1.54, 1.807) is 0 Å². The zero-order valence-electron chi connectivity index (χ0n) is 8.57. The lowest BCUT2D eigenvalue weighted by atomic mass is 9.93. The molecule has 0 spiro atoms. The summed E-state index contributed by atoms with van der Waals surface area (Å²) in [5.41, 5.74) is 4.68. The molecule has 0 aromatic rings. The number of aliphatic hydroxyl groups is 1. The number of sulfone groups is 1. The van der Waals surface area contributed by atoms with E-state index in [2.05, 4.69) is 0 Å². The van der Waals surface area contributed by atoms with Crippen LogP contribution in [-0.4, -0.2) is 37.7 Å². The van der Waals surface area contributed by atoms with Crippen LogP contribution in [0.2, 0.25) is 0 Å². The fraction of sp³-hybridized carbons (Fsp3) is 1.00. The van der Waals surface area contributed by atoms with Gasteiger partial charge in [-0.15, -0.1) is 0 Å². The predicted molar refractivity (Wildman–Crippen MR) is 55.7 cm³/mol. The topological polar surface area (TPSA) is 80.4 Å². The molecule has 14 heavy (non-hydrogen) atoms. The number of hydrogen-bond donors (Lipinski definition) is 2. The molecule has 1 fully saturated rings. The Morgan fingerprint density at radius 2 is 2.07 bits per heavy atom. The van der Waals surface area contributed by atoms with E-state index in [1.807, 2.05) is 0 Å². The molecule has 0 aromatic carbocycles. The molecule has 0 saturated heterocycles. The van der Waals surface area contributed by atoms with Crippen molar-refractivity contribution in [2.45, 2.75) is 31.3 Å². The largest absolute Gasteiger partial charge is 0.388 e. The van der Waals surface area contributed by atoms with Crippen LogP contribution in [0, 0.1) is 5.92 Å². The van der Waals surface area contributed by atoms with E-state index in [4.69, 9.17) is 5.73 Å². The Kier molecular flexibility index (Phi) is 3.55. The maximum absolute atomic E-state index is 10.9. The second-order valence-electron chi connectivity index (χ2n) is 4.32. The molecule has 0 heterocycles. The fourth-order valence-corrected chi connectivity index (χ4v) is 2.40. The van der Waals surface area contributed by atoms with Crippen molar-refractivity contribution in [3.8, 4) is 0 Å². The first-order valence-corrected chi connectivity index (χ1v) is 7.03. The molecule has 0 aromatic heterocycles. The summed E-state index contributed by atoms with van der Waals surface area (Å²) in [6.45, 7) is 0.238. The molecule has 1 saturated carbocycles. The third-order valence-corrected chi connectivity index (χ3v) is 3.85. The van der Waals surface area contributed by atoms with Crippen LogP contribution in [0.3, 0.4) is 0 Å². The zero-order chi connectivity index (χ0) is 10.8. The van der Waals surface area contributed by atoms with Crippen molar-refractivity contribution in [1.82, 2.24) is 0 Å². The lowest BCUT2D eigenvalue weighted by Crippen LogP contribution is -2.40. The van der Waals surface area contributed by atoms with E-state index in [1.165, 1.54) is 6.26 Å². The van der Waals surface area contributed by atoms with Crippen LogP contribution in [0.1, 0.15) is 25.7 Å². The second-order valence-corrected chi connectivity index (χ2v) is 6.58. The second kappa shape index (κ2) is 4.16. The van der Waals surface area contributed by atoms with Crippen molar-refractivity contribution in [2.24, 2.45) is 11.7 Å². The molecule has 0 aliphatic heterocycles. The van der Waals surface area contributed by atoms with Gasteiger partial charge in [0.2, 0.25) is 0 Å². The highest BCUT2D eigenvalue weighted by atomic mass is 32.2. The van der Waals surface area contributed by atoms with Gasteiger partial charge < -0.3 is 10.8 Å². The molecule has 1 aliphatic rings. The normalized spacial score (nSPS) is 21.9. The van der Waals surface area contributed by atoms with E-state index in [0.717, 1.165) is 12.8 Å². The van der Waals surface area contributed by atoms with E-state index < -0.39 is 15.4 Å². The number of hydrogen-bond acceptors (Lipinski definition) is 4. The molecule has 1 rings (SSSR count). The summed E-state index contributed by atoms with van der Waals surface area (Å²) in [7, 11) is -2.91. The summed E-state index contributed by atoms with van der Waals surface area (Å²) < 4.78 is 21.8. The third kappa shape index (κ3) is 3.55. The molecule has 5 heteroatoms. The quantitative estimate of drug-likeness (QED) is 0.657. The van der Waals surface area contributed by atoms with Gasteiger partial charge in [-0.25, -0.2) is 8.42 Å². The molecule has 1 aliphatic carbocycles. The monoisotopic (exact) mass is 221 g/mol. The van der Waals surface area contributed by atoms with Crippen LogP contribution in [0.15, 0.2) is 0 Å². The molecule has 1 atom stereocenters. The SMILES string of the molecule is CS(=O)(=O)CCCC(O)(CN)C1CC1. The molecule has 0 bridgehead atoms. The first-order chi connectivity index (χ1) is 6.37. The summed E-state index contributed by atoms with van der Waals surface area (Å²) in [4.78, 5) is 0. The highest BCUT2D eigenvalue weighted by Gasteiger charge is 2.42. The molecule has 4 nitrogen and oxygen atoms in total. The van der Waals surface area contributed by atoms with Crippen LogP contribution >= 0.6 is 0 Å². The van der Waals surface area contributed by atoms with Gasteiger partial charge >= 0.3 is 0 Å². The first kappa shape index (κ1) is 11.9. The lowest BCUT2D eigenvalue weighted by Gasteiger charge is -2.26. The van der Waals surface area contributed by atoms with Gasteiger partial charge in [0.05, 0.1) is 5.60 Å². The van der Waals surface area contributed by atoms with Gasteiger partial charge in [-0.3, -0.25) is 0 Å². The summed E-state index contributed by atoms with van der Waals surface area (Å²) >= 11 is 0. The Bertz CT molecular complexity index is 284. The maximum Gasteiger partial charge on any atom is 0.147 e. The minimum absolute atomic E-state index is 0.141. The average Bonchev–Trinajstić information content (AvgIpc) is 2.83. The van der Waals surface area contributed by atoms with Crippen molar-refractivity contribution in [3.05, 3.63) is 0 Å². The molecule has 0 amide bonds. The van der Waals surface area contributed by atoms with Gasteiger partial charge in [-0.05, 0) is 31.6 Å². The lowest BCUT2D eigenvalue weighted by molar-refractivity contribution is 0.0174. The molecule has 0 radical (unpaired) electrons. The van der Waals surface area contributed by atoms with Crippen LogP contribution < -0.4 is 5.73 Å². The Hall–Kier alpha value is -0.130. The maximum atomic E-state index is 10.9. The van der Waals surface area contributed by atoms with E-state index >= 15 is 0 Å². The Morgan fingerprint density at radius 3 is 2.43 bits per heavy atom. The van der Waals surface area contributed by atoms with E-state index in [-0.39, 0.29) is 12.3 Å². The van der Waals surface area contributed by atoms with Crippen LogP contribution in [-0.2, 0) is 9.84 Å². The van der Waals surface area contributed by atoms with Crippen molar-refractivity contribution in [2.75, 3.05) is 18.6 Å². The summed E-state index contributed by atoms with van der Waals surface area (Å²) in [5, 5.41) is 10.0. The minimum Gasteiger partial charge on any atom is -0.388 e. The average molecular weight is 221 g/mol. The molecular formula is C9H19NO3S. The van der Waals surface area contributed by atoms with Crippen molar-refractivity contribution < 1.29 is 13.5 Å². The first-order valence-electron chi connectivity index (χ1n) is 4.97. The van der Waals surface area contributed by atoms with E-state index in [0.29, 0.717) is 18.8 Å². The summed E-state index contributed by atoms with van der Waals surface area (Å²) in [6, 6.07) is 0. The highest BCUT2D eigenvalue weighted by molar-refractivity contribution is 7.90. The Balaban J connectivity index is 2.34. The standard InChI is InChI=1S/C9H19NO3S/c1-14(12,13)6-2-5-9(11,7-10)8-3-4-8/h8,11H,2-7,10H2,1H3. The molecular weight excluding hydrogens is 202 g/mol. The van der Waals surface area contributed by atoms with Gasteiger partial charge in [-0.2, -0.15) is 0 Å².